The zero-order chi connectivity index (χ0) is 17.0. The van der Waals surface area contributed by atoms with Crippen molar-refractivity contribution in [2.45, 2.75) is 25.2 Å². The normalized spacial score (nSPS) is 22.5. The summed E-state index contributed by atoms with van der Waals surface area (Å²) in [6, 6.07) is 6.34. The molecule has 0 bridgehead atoms. The number of benzene rings is 1. The Bertz CT molecular complexity index is 687. The van der Waals surface area contributed by atoms with Crippen LogP contribution in [0.1, 0.15) is 25.8 Å². The Morgan fingerprint density at radius 3 is 2.57 bits per heavy atom. The van der Waals surface area contributed by atoms with Gasteiger partial charge in [-0.05, 0) is 36.5 Å². The maximum Gasteiger partial charge on any atom is 0.238 e. The smallest absolute Gasteiger partial charge is 0.238 e. The van der Waals surface area contributed by atoms with Crippen molar-refractivity contribution in [3.05, 3.63) is 23.8 Å². The highest BCUT2D eigenvalue weighted by Crippen LogP contribution is 2.21. The van der Waals surface area contributed by atoms with Gasteiger partial charge >= 0.3 is 0 Å². The Hall–Kier alpha value is -1.62. The molecule has 126 valence electrons. The van der Waals surface area contributed by atoms with Crippen molar-refractivity contribution in [1.82, 2.24) is 4.90 Å². The van der Waals surface area contributed by atoms with E-state index in [-0.39, 0.29) is 10.5 Å². The number of primary sulfonamides is 1. The lowest BCUT2D eigenvalue weighted by atomic mass is 9.92. The predicted molar refractivity (Wildman–Crippen MR) is 90.4 cm³/mol. The van der Waals surface area contributed by atoms with Crippen molar-refractivity contribution in [1.29, 1.82) is 5.26 Å². The summed E-state index contributed by atoms with van der Waals surface area (Å²) in [5.41, 5.74) is 0.926. The highest BCUT2D eigenvalue weighted by molar-refractivity contribution is 7.89. The number of rotatable bonds is 5. The van der Waals surface area contributed by atoms with Crippen LogP contribution in [0.25, 0.3) is 0 Å². The summed E-state index contributed by atoms with van der Waals surface area (Å²) < 4.78 is 22.7. The Labute approximate surface area is 138 Å². The summed E-state index contributed by atoms with van der Waals surface area (Å²) in [6.07, 6.45) is 1.28. The van der Waals surface area contributed by atoms with Crippen LogP contribution in [0.3, 0.4) is 0 Å². The van der Waals surface area contributed by atoms with Crippen LogP contribution in [0.2, 0.25) is 0 Å². The van der Waals surface area contributed by atoms with Gasteiger partial charge in [0.05, 0.1) is 16.1 Å². The SMILES string of the molecule is CC1CC(C)CN(CCNc2ccc(S(N)(=O)=O)cc2C#N)C1. The molecule has 7 heteroatoms. The standard InChI is InChI=1S/C16H24N4O2S/c1-12-7-13(2)11-20(10-12)6-5-19-16-4-3-15(23(18,21)22)8-14(16)9-17/h3-4,8,12-13,19H,5-7,10-11H2,1-2H3,(H2,18,21,22). The average Bonchev–Trinajstić information content (AvgIpc) is 2.45. The summed E-state index contributed by atoms with van der Waals surface area (Å²) in [5, 5.41) is 17.5. The van der Waals surface area contributed by atoms with Gasteiger partial charge in [-0.3, -0.25) is 0 Å². The number of hydrogen-bond acceptors (Lipinski definition) is 5. The van der Waals surface area contributed by atoms with Gasteiger partial charge in [-0.2, -0.15) is 5.26 Å². The number of nitrogens with zero attached hydrogens (tertiary/aromatic N) is 2. The van der Waals surface area contributed by atoms with Crippen molar-refractivity contribution >= 4 is 15.7 Å². The summed E-state index contributed by atoms with van der Waals surface area (Å²) in [5.74, 6) is 1.42. The highest BCUT2D eigenvalue weighted by Gasteiger charge is 2.21. The van der Waals surface area contributed by atoms with Crippen LogP contribution in [0.15, 0.2) is 23.1 Å². The minimum Gasteiger partial charge on any atom is -0.383 e. The van der Waals surface area contributed by atoms with Gasteiger partial charge in [-0.1, -0.05) is 13.8 Å². The second-order valence-electron chi connectivity index (χ2n) is 6.50. The fourth-order valence-corrected chi connectivity index (χ4v) is 3.81. The van der Waals surface area contributed by atoms with Gasteiger partial charge in [0.1, 0.15) is 6.07 Å². The maximum atomic E-state index is 11.3. The van der Waals surface area contributed by atoms with Gasteiger partial charge in [0.15, 0.2) is 0 Å². The summed E-state index contributed by atoms with van der Waals surface area (Å²) >= 11 is 0. The van der Waals surface area contributed by atoms with Crippen molar-refractivity contribution in [3.8, 4) is 6.07 Å². The first-order valence-electron chi connectivity index (χ1n) is 7.82. The first kappa shape index (κ1) is 17.7. The van der Waals surface area contributed by atoms with E-state index in [2.05, 4.69) is 24.1 Å². The number of anilines is 1. The third-order valence-electron chi connectivity index (χ3n) is 4.13. The molecular weight excluding hydrogens is 312 g/mol. The lowest BCUT2D eigenvalue weighted by Crippen LogP contribution is -2.41. The van der Waals surface area contributed by atoms with Gasteiger partial charge < -0.3 is 10.2 Å². The molecule has 0 aromatic heterocycles. The van der Waals surface area contributed by atoms with Crippen LogP contribution < -0.4 is 10.5 Å². The minimum absolute atomic E-state index is 0.0433. The molecule has 1 aliphatic heterocycles. The van der Waals surface area contributed by atoms with Crippen molar-refractivity contribution in [2.24, 2.45) is 17.0 Å². The summed E-state index contributed by atoms with van der Waals surface area (Å²) in [6.45, 7) is 8.36. The van der Waals surface area contributed by atoms with E-state index in [4.69, 9.17) is 5.14 Å². The van der Waals surface area contributed by atoms with Gasteiger partial charge in [0.2, 0.25) is 10.0 Å². The van der Waals surface area contributed by atoms with Crippen LogP contribution in [0.5, 0.6) is 0 Å². The number of sulfonamides is 1. The van der Waals surface area contributed by atoms with Crippen LogP contribution in [-0.4, -0.2) is 39.5 Å². The van der Waals surface area contributed by atoms with Crippen LogP contribution >= 0.6 is 0 Å². The topological polar surface area (TPSA) is 99.2 Å². The highest BCUT2D eigenvalue weighted by atomic mass is 32.2. The second-order valence-corrected chi connectivity index (χ2v) is 8.06. The molecule has 1 heterocycles. The lowest BCUT2D eigenvalue weighted by molar-refractivity contribution is 0.146. The molecule has 0 spiro atoms. The molecule has 1 aromatic rings. The molecule has 23 heavy (non-hydrogen) atoms. The molecule has 1 aliphatic rings. The Balaban J connectivity index is 1.97. The molecule has 2 rings (SSSR count). The molecule has 1 fully saturated rings. The molecular formula is C16H24N4O2S. The van der Waals surface area contributed by atoms with E-state index in [1.54, 1.807) is 6.07 Å². The molecule has 0 radical (unpaired) electrons. The largest absolute Gasteiger partial charge is 0.383 e. The first-order chi connectivity index (χ1) is 10.8. The second kappa shape index (κ2) is 7.30. The molecule has 0 saturated carbocycles. The quantitative estimate of drug-likeness (QED) is 0.851. The van der Waals surface area contributed by atoms with E-state index >= 15 is 0 Å². The number of hydrogen-bond donors (Lipinski definition) is 2. The predicted octanol–water partition coefficient (Wildman–Crippen LogP) is 1.60. The fraction of sp³-hybridized carbons (Fsp3) is 0.562. The molecule has 2 atom stereocenters. The van der Waals surface area contributed by atoms with Crippen LogP contribution in [-0.2, 0) is 10.0 Å². The summed E-state index contributed by atoms with van der Waals surface area (Å²) in [7, 11) is -3.79. The molecule has 1 aromatic carbocycles. The van der Waals surface area contributed by atoms with E-state index in [1.165, 1.54) is 18.6 Å². The summed E-state index contributed by atoms with van der Waals surface area (Å²) in [4.78, 5) is 2.38. The van der Waals surface area contributed by atoms with Gasteiger partial charge in [-0.15, -0.1) is 0 Å². The number of nitrogens with one attached hydrogen (secondary N) is 1. The maximum absolute atomic E-state index is 11.3. The van der Waals surface area contributed by atoms with Crippen LogP contribution in [0.4, 0.5) is 5.69 Å². The molecule has 2 unspecified atom stereocenters. The fourth-order valence-electron chi connectivity index (χ4n) is 3.27. The van der Waals surface area contributed by atoms with E-state index in [0.29, 0.717) is 24.1 Å². The first-order valence-corrected chi connectivity index (χ1v) is 9.37. The zero-order valence-corrected chi connectivity index (χ0v) is 14.4. The third-order valence-corrected chi connectivity index (χ3v) is 5.04. The monoisotopic (exact) mass is 336 g/mol. The van der Waals surface area contributed by atoms with Gasteiger partial charge in [0, 0.05) is 26.2 Å². The molecule has 6 nitrogen and oxygen atoms in total. The van der Waals surface area contributed by atoms with E-state index in [1.807, 2.05) is 6.07 Å². The number of nitrogens with two attached hydrogens (primary N) is 1. The van der Waals surface area contributed by atoms with E-state index in [9.17, 15) is 13.7 Å². The Morgan fingerprint density at radius 1 is 1.35 bits per heavy atom. The van der Waals surface area contributed by atoms with Crippen LogP contribution in [0, 0.1) is 23.2 Å². The van der Waals surface area contributed by atoms with E-state index < -0.39 is 10.0 Å². The average molecular weight is 336 g/mol. The minimum atomic E-state index is -3.79. The van der Waals surface area contributed by atoms with Gasteiger partial charge in [0.25, 0.3) is 0 Å². The van der Waals surface area contributed by atoms with E-state index in [0.717, 1.165) is 19.6 Å². The molecule has 0 amide bonds. The van der Waals surface area contributed by atoms with Crippen molar-refractivity contribution in [3.63, 3.8) is 0 Å². The Kier molecular flexibility index (Phi) is 5.63. The van der Waals surface area contributed by atoms with Crippen molar-refractivity contribution < 1.29 is 8.42 Å². The number of nitriles is 1. The third kappa shape index (κ3) is 4.93. The number of piperidine rings is 1. The zero-order valence-electron chi connectivity index (χ0n) is 13.6. The van der Waals surface area contributed by atoms with Crippen molar-refractivity contribution in [2.75, 3.05) is 31.5 Å². The molecule has 3 N–H and O–H groups in total. The number of likely N-dealkylation sites (tertiary alicyclic amines) is 1. The Morgan fingerprint density at radius 2 is 2.00 bits per heavy atom. The molecule has 0 aliphatic carbocycles. The molecule has 1 saturated heterocycles. The lowest BCUT2D eigenvalue weighted by Gasteiger charge is -2.35. The van der Waals surface area contributed by atoms with Gasteiger partial charge in [-0.25, -0.2) is 13.6 Å².